The van der Waals surface area contributed by atoms with Gasteiger partial charge in [-0.05, 0) is 23.8 Å². The molecule has 6 rings (SSSR count). The molecule has 0 aliphatic carbocycles. The topological polar surface area (TPSA) is 188 Å². The van der Waals surface area contributed by atoms with E-state index < -0.39 is 43.7 Å². The van der Waals surface area contributed by atoms with Crippen molar-refractivity contribution in [3.05, 3.63) is 105 Å². The molecular formula is C31H31N7O9S. The predicted molar refractivity (Wildman–Crippen MR) is 167 cm³/mol. The fourth-order valence-corrected chi connectivity index (χ4v) is 7.18. The van der Waals surface area contributed by atoms with Crippen molar-refractivity contribution in [3.8, 4) is 11.5 Å². The Kier molecular flexibility index (Phi) is 8.97. The molecule has 1 N–H and O–H groups in total. The zero-order chi connectivity index (χ0) is 34.0. The van der Waals surface area contributed by atoms with Gasteiger partial charge in [-0.2, -0.15) is 19.3 Å². The van der Waals surface area contributed by atoms with Crippen LogP contribution < -0.4 is 14.8 Å². The quantitative estimate of drug-likeness (QED) is 0.132. The highest BCUT2D eigenvalue weighted by Crippen LogP contribution is 2.33. The largest absolute Gasteiger partial charge is 0.497 e. The summed E-state index contributed by atoms with van der Waals surface area (Å²) in [4.78, 5) is 39.4. The number of nitro groups is 1. The van der Waals surface area contributed by atoms with E-state index >= 15 is 0 Å². The van der Waals surface area contributed by atoms with Crippen LogP contribution in [0.5, 0.6) is 11.5 Å². The molecule has 2 atom stereocenters. The smallest absolute Gasteiger partial charge is 0.408 e. The second kappa shape index (κ2) is 13.3. The number of rotatable bonds is 12. The number of hydrogen-bond donors (Lipinski definition) is 1. The van der Waals surface area contributed by atoms with E-state index in [0.717, 1.165) is 15.9 Å². The van der Waals surface area contributed by atoms with Gasteiger partial charge >= 0.3 is 6.09 Å². The fraction of sp³-hybridized carbons (Fsp3) is 0.290. The van der Waals surface area contributed by atoms with Crippen LogP contribution in [-0.2, 0) is 52.3 Å². The van der Waals surface area contributed by atoms with Crippen molar-refractivity contribution in [3.63, 3.8) is 0 Å². The molecule has 0 unspecified atom stereocenters. The number of methoxy groups -OCH3 is 2. The van der Waals surface area contributed by atoms with Crippen molar-refractivity contribution >= 4 is 27.7 Å². The zero-order valence-electron chi connectivity index (χ0n) is 25.9. The molecule has 1 aromatic heterocycles. The number of carbonyl (C=O) groups excluding carboxylic acids is 2. The van der Waals surface area contributed by atoms with Gasteiger partial charge in [0.2, 0.25) is 5.91 Å². The molecule has 1 fully saturated rings. The summed E-state index contributed by atoms with van der Waals surface area (Å²) >= 11 is 0. The lowest BCUT2D eigenvalue weighted by molar-refractivity contribution is -0.387. The molecule has 0 saturated carbocycles. The third-order valence-corrected chi connectivity index (χ3v) is 9.98. The minimum absolute atomic E-state index is 0.0178. The number of fused-ring (bicyclic) bond motifs is 1. The number of alkyl carbamates (subject to hydrolysis) is 1. The van der Waals surface area contributed by atoms with Crippen molar-refractivity contribution in [2.24, 2.45) is 0 Å². The van der Waals surface area contributed by atoms with E-state index in [0.29, 0.717) is 28.5 Å². The molecule has 17 heteroatoms. The number of sulfonamides is 1. The highest BCUT2D eigenvalue weighted by Gasteiger charge is 2.49. The van der Waals surface area contributed by atoms with E-state index in [2.05, 4.69) is 15.5 Å². The molecule has 2 amide bonds. The SMILES string of the molecule is COc1ccc(CN2C(=O)[C@@H](NC(=O)OCc3ccccc3)[C@H]2Cn2nc3c(n2)CN(S(=O)(=O)c2ccccc2[N+](=O)[O-])C3)c(OC)c1. The first kappa shape index (κ1) is 32.4. The number of aromatic nitrogens is 3. The molecule has 250 valence electrons. The average molecular weight is 678 g/mol. The van der Waals surface area contributed by atoms with Crippen LogP contribution in [0.2, 0.25) is 0 Å². The van der Waals surface area contributed by atoms with Gasteiger partial charge < -0.3 is 24.4 Å². The number of hydrogen-bond acceptors (Lipinski definition) is 11. The summed E-state index contributed by atoms with van der Waals surface area (Å²) in [6.45, 7) is -0.0559. The molecule has 2 aliphatic heterocycles. The number of nitrogens with one attached hydrogen (secondary N) is 1. The molecule has 4 aromatic rings. The van der Waals surface area contributed by atoms with Crippen LogP contribution in [0.4, 0.5) is 10.5 Å². The summed E-state index contributed by atoms with van der Waals surface area (Å²) in [6, 6.07) is 17.9. The fourth-order valence-electron chi connectivity index (χ4n) is 5.66. The predicted octanol–water partition coefficient (Wildman–Crippen LogP) is 2.61. The molecule has 2 aliphatic rings. The number of carbonyl (C=O) groups is 2. The number of amides is 2. The Morgan fingerprint density at radius 2 is 1.69 bits per heavy atom. The molecule has 48 heavy (non-hydrogen) atoms. The number of likely N-dealkylation sites (tertiary alicyclic amines) is 1. The Hall–Kier alpha value is -5.55. The van der Waals surface area contributed by atoms with Crippen LogP contribution in [0.3, 0.4) is 0 Å². The van der Waals surface area contributed by atoms with E-state index in [1.807, 2.05) is 30.3 Å². The lowest BCUT2D eigenvalue weighted by atomic mass is 9.94. The van der Waals surface area contributed by atoms with Gasteiger partial charge in [0.05, 0.1) is 44.8 Å². The highest BCUT2D eigenvalue weighted by atomic mass is 32.2. The lowest BCUT2D eigenvalue weighted by Gasteiger charge is -2.46. The number of nitrogens with zero attached hydrogens (tertiary/aromatic N) is 6. The van der Waals surface area contributed by atoms with Crippen LogP contribution in [0.15, 0.2) is 77.7 Å². The summed E-state index contributed by atoms with van der Waals surface area (Å²) in [5.74, 6) is 0.739. The number of ether oxygens (including phenoxy) is 3. The monoisotopic (exact) mass is 677 g/mol. The maximum absolute atomic E-state index is 13.4. The van der Waals surface area contributed by atoms with Gasteiger partial charge in [-0.15, -0.1) is 0 Å². The number of β-lactam (4-membered cyclic amide) rings is 1. The Labute approximate surface area is 275 Å². The van der Waals surface area contributed by atoms with Crippen molar-refractivity contribution in [2.75, 3.05) is 14.2 Å². The van der Waals surface area contributed by atoms with Crippen LogP contribution in [-0.4, -0.2) is 75.8 Å². The Balaban J connectivity index is 1.19. The molecule has 0 radical (unpaired) electrons. The lowest BCUT2D eigenvalue weighted by Crippen LogP contribution is -2.71. The maximum atomic E-state index is 13.4. The van der Waals surface area contributed by atoms with Gasteiger partial charge in [-0.1, -0.05) is 42.5 Å². The first-order valence-corrected chi connectivity index (χ1v) is 16.2. The van der Waals surface area contributed by atoms with Crippen LogP contribution >= 0.6 is 0 Å². The molecule has 0 spiro atoms. The Bertz CT molecular complexity index is 1950. The maximum Gasteiger partial charge on any atom is 0.408 e. The molecule has 0 bridgehead atoms. The standard InChI is InChI=1S/C31H31N7O9S/c1-45-22-13-12-21(27(14-22)46-2)15-36-26(29(30(36)39)32-31(40)47-19-20-8-4-3-5-9-20)18-37-33-23-16-35(17-24(23)34-37)48(43,44)28-11-7-6-10-25(28)38(41)42/h3-14,26,29H,15-19H2,1-2H3,(H,32,40)/t26-,29+/m1/s1. The van der Waals surface area contributed by atoms with Crippen molar-refractivity contribution in [2.45, 2.75) is 49.8 Å². The second-order valence-electron chi connectivity index (χ2n) is 11.0. The van der Waals surface area contributed by atoms with E-state index in [1.54, 1.807) is 23.1 Å². The minimum Gasteiger partial charge on any atom is -0.497 e. The van der Waals surface area contributed by atoms with E-state index in [-0.39, 0.29) is 38.7 Å². The number of nitro benzene ring substituents is 1. The number of benzene rings is 3. The third kappa shape index (κ3) is 6.37. The van der Waals surface area contributed by atoms with Crippen molar-refractivity contribution in [1.82, 2.24) is 29.5 Å². The summed E-state index contributed by atoms with van der Waals surface area (Å²) in [6.07, 6.45) is -0.768. The zero-order valence-corrected chi connectivity index (χ0v) is 26.7. The highest BCUT2D eigenvalue weighted by molar-refractivity contribution is 7.89. The van der Waals surface area contributed by atoms with Gasteiger partial charge in [0.15, 0.2) is 4.90 Å². The van der Waals surface area contributed by atoms with Gasteiger partial charge in [0.25, 0.3) is 15.7 Å². The Morgan fingerprint density at radius 3 is 2.35 bits per heavy atom. The summed E-state index contributed by atoms with van der Waals surface area (Å²) in [7, 11) is -1.18. The molecule has 3 aromatic carbocycles. The average Bonchev–Trinajstić information content (AvgIpc) is 3.68. The van der Waals surface area contributed by atoms with Crippen LogP contribution in [0, 0.1) is 10.1 Å². The number of para-hydroxylation sites is 1. The molecule has 1 saturated heterocycles. The molecular weight excluding hydrogens is 646 g/mol. The van der Waals surface area contributed by atoms with Crippen molar-refractivity contribution in [1.29, 1.82) is 0 Å². The van der Waals surface area contributed by atoms with Gasteiger partial charge in [0.1, 0.15) is 35.5 Å². The van der Waals surface area contributed by atoms with E-state index in [4.69, 9.17) is 14.2 Å². The van der Waals surface area contributed by atoms with Crippen LogP contribution in [0.1, 0.15) is 22.5 Å². The van der Waals surface area contributed by atoms with Gasteiger partial charge in [0, 0.05) is 24.2 Å². The Morgan fingerprint density at radius 1 is 1.00 bits per heavy atom. The molecule has 3 heterocycles. The summed E-state index contributed by atoms with van der Waals surface area (Å²) in [5, 5.41) is 23.1. The second-order valence-corrected chi connectivity index (χ2v) is 12.9. The van der Waals surface area contributed by atoms with E-state index in [1.165, 1.54) is 37.2 Å². The molecule has 16 nitrogen and oxygen atoms in total. The van der Waals surface area contributed by atoms with Crippen LogP contribution in [0.25, 0.3) is 0 Å². The van der Waals surface area contributed by atoms with Gasteiger partial charge in [-0.25, -0.2) is 13.2 Å². The van der Waals surface area contributed by atoms with E-state index in [9.17, 15) is 28.1 Å². The van der Waals surface area contributed by atoms with Crippen molar-refractivity contribution < 1.29 is 37.1 Å². The minimum atomic E-state index is -4.22. The van der Waals surface area contributed by atoms with Gasteiger partial charge in [-0.3, -0.25) is 14.9 Å². The summed E-state index contributed by atoms with van der Waals surface area (Å²) in [5.41, 5.74) is 1.71. The first-order valence-electron chi connectivity index (χ1n) is 14.7. The first-order chi connectivity index (χ1) is 23.1. The normalized spacial score (nSPS) is 17.4. The third-order valence-electron chi connectivity index (χ3n) is 8.14. The summed E-state index contributed by atoms with van der Waals surface area (Å²) < 4.78 is 43.9.